The van der Waals surface area contributed by atoms with Crippen LogP contribution >= 0.6 is 0 Å². The van der Waals surface area contributed by atoms with Gasteiger partial charge in [-0.15, -0.1) is 0 Å². The molecule has 1 saturated carbocycles. The summed E-state index contributed by atoms with van der Waals surface area (Å²) in [4.78, 5) is 31.0. The Morgan fingerprint density at radius 3 is 2.37 bits per heavy atom. The molecule has 5 nitrogen and oxygen atoms in total. The molecule has 5 heteroatoms. The summed E-state index contributed by atoms with van der Waals surface area (Å²) < 4.78 is 0. The molecule has 4 rings (SSSR count). The number of nitrogens with zero attached hydrogens (tertiary/aromatic N) is 2. The second-order valence-corrected chi connectivity index (χ2v) is 7.99. The second-order valence-electron chi connectivity index (χ2n) is 7.99. The molecule has 3 atom stereocenters. The van der Waals surface area contributed by atoms with Crippen LogP contribution in [0.4, 0.5) is 0 Å². The maximum absolute atomic E-state index is 12.6. The molecule has 1 N–H and O–H groups in total. The number of carbonyl (C=O) groups is 2. The first kappa shape index (κ1) is 17.7. The van der Waals surface area contributed by atoms with Gasteiger partial charge in [-0.3, -0.25) is 14.6 Å². The lowest BCUT2D eigenvalue weighted by molar-refractivity contribution is -0.120. The van der Waals surface area contributed by atoms with Gasteiger partial charge in [0, 0.05) is 48.4 Å². The Balaban J connectivity index is 1.30. The minimum atomic E-state index is 0.0630. The number of fused-ring (bicyclic) bond motifs is 1. The Bertz CT molecular complexity index is 876. The Labute approximate surface area is 159 Å². The lowest BCUT2D eigenvalue weighted by Gasteiger charge is -2.20. The third-order valence-electron chi connectivity index (χ3n) is 5.60. The lowest BCUT2D eigenvalue weighted by atomic mass is 10.0. The monoisotopic (exact) mass is 363 g/mol. The van der Waals surface area contributed by atoms with Gasteiger partial charge in [0.1, 0.15) is 0 Å². The fraction of sp³-hybridized carbons (Fsp3) is 0.409. The highest BCUT2D eigenvalue weighted by Crippen LogP contribution is 2.45. The number of benzene rings is 1. The molecule has 2 aliphatic rings. The fourth-order valence-corrected chi connectivity index (χ4v) is 4.36. The fourth-order valence-electron chi connectivity index (χ4n) is 4.36. The van der Waals surface area contributed by atoms with E-state index >= 15 is 0 Å². The van der Waals surface area contributed by atoms with Crippen molar-refractivity contribution in [2.24, 2.45) is 11.8 Å². The number of carbonyl (C=O) groups excluding carboxylic acids is 2. The number of pyridine rings is 1. The maximum Gasteiger partial charge on any atom is 0.253 e. The van der Waals surface area contributed by atoms with Gasteiger partial charge < -0.3 is 10.2 Å². The van der Waals surface area contributed by atoms with Crippen LogP contribution in [0.5, 0.6) is 0 Å². The van der Waals surface area contributed by atoms with Crippen molar-refractivity contribution in [2.75, 3.05) is 13.1 Å². The van der Waals surface area contributed by atoms with Crippen LogP contribution in [0.3, 0.4) is 0 Å². The number of aryl methyl sites for hydroxylation is 3. The van der Waals surface area contributed by atoms with E-state index in [1.165, 1.54) is 11.1 Å². The van der Waals surface area contributed by atoms with E-state index < -0.39 is 0 Å². The van der Waals surface area contributed by atoms with Crippen LogP contribution in [0.2, 0.25) is 0 Å². The predicted octanol–water partition coefficient (Wildman–Crippen LogP) is 2.44. The number of aromatic nitrogens is 1. The molecule has 0 spiro atoms. The Morgan fingerprint density at radius 2 is 1.74 bits per heavy atom. The van der Waals surface area contributed by atoms with Crippen molar-refractivity contribution in [1.82, 2.24) is 15.2 Å². The molecule has 1 aromatic carbocycles. The van der Waals surface area contributed by atoms with Crippen molar-refractivity contribution in [1.29, 1.82) is 0 Å². The summed E-state index contributed by atoms with van der Waals surface area (Å²) in [5, 5.41) is 3.16. The third kappa shape index (κ3) is 3.72. The molecule has 1 saturated heterocycles. The van der Waals surface area contributed by atoms with E-state index in [0.717, 1.165) is 24.3 Å². The first-order valence-electron chi connectivity index (χ1n) is 9.49. The number of nitrogens with one attached hydrogen (secondary N) is 1. The van der Waals surface area contributed by atoms with E-state index in [1.807, 2.05) is 17.9 Å². The molecule has 0 radical (unpaired) electrons. The summed E-state index contributed by atoms with van der Waals surface area (Å²) in [6.07, 6.45) is 2.09. The average Bonchev–Trinajstić information content (AvgIpc) is 3.02. The molecule has 2 heterocycles. The number of rotatable bonds is 4. The lowest BCUT2D eigenvalue weighted by Crippen LogP contribution is -2.38. The van der Waals surface area contributed by atoms with Gasteiger partial charge in [-0.2, -0.15) is 0 Å². The Hall–Kier alpha value is -2.69. The molecule has 1 unspecified atom stereocenters. The summed E-state index contributed by atoms with van der Waals surface area (Å²) >= 11 is 0. The molecule has 27 heavy (non-hydrogen) atoms. The van der Waals surface area contributed by atoms with Crippen LogP contribution in [-0.4, -0.2) is 40.8 Å². The van der Waals surface area contributed by atoms with Gasteiger partial charge in [-0.05, 0) is 38.5 Å². The van der Waals surface area contributed by atoms with E-state index in [2.05, 4.69) is 42.3 Å². The second kappa shape index (κ2) is 6.80. The number of amides is 2. The summed E-state index contributed by atoms with van der Waals surface area (Å²) in [6.45, 7) is 7.43. The zero-order valence-corrected chi connectivity index (χ0v) is 16.0. The zero-order chi connectivity index (χ0) is 19.1. The summed E-state index contributed by atoms with van der Waals surface area (Å²) in [5.41, 5.74) is 4.96. The van der Waals surface area contributed by atoms with Crippen LogP contribution in [0.15, 0.2) is 36.5 Å². The van der Waals surface area contributed by atoms with Crippen molar-refractivity contribution in [3.05, 3.63) is 64.5 Å². The summed E-state index contributed by atoms with van der Waals surface area (Å²) in [7, 11) is 0. The predicted molar refractivity (Wildman–Crippen MR) is 103 cm³/mol. The van der Waals surface area contributed by atoms with Crippen molar-refractivity contribution in [3.8, 4) is 0 Å². The normalized spacial score (nSPS) is 23.1. The smallest absolute Gasteiger partial charge is 0.253 e. The third-order valence-corrected chi connectivity index (χ3v) is 5.60. The average molecular weight is 363 g/mol. The Morgan fingerprint density at radius 1 is 1.07 bits per heavy atom. The molecule has 1 aliphatic heterocycles. The summed E-state index contributed by atoms with van der Waals surface area (Å²) in [6, 6.07) is 10.1. The van der Waals surface area contributed by atoms with Gasteiger partial charge >= 0.3 is 0 Å². The standard InChI is InChI=1S/C22H25N3O2/c1-13-6-14(2)8-16(7-13)10-20(26)24-21-18-11-25(12-19(18)21)22(27)17-4-5-23-15(3)9-17/h4-9,18-19,21H,10-12H2,1-3H3,(H,24,26)/t18-,19+,21?. The van der Waals surface area contributed by atoms with Gasteiger partial charge in [0.05, 0.1) is 6.42 Å². The van der Waals surface area contributed by atoms with Crippen molar-refractivity contribution < 1.29 is 9.59 Å². The van der Waals surface area contributed by atoms with Crippen LogP contribution in [-0.2, 0) is 11.2 Å². The molecule has 0 bridgehead atoms. The molecule has 1 aromatic heterocycles. The molecule has 1 aliphatic carbocycles. The highest BCUT2D eigenvalue weighted by molar-refractivity contribution is 5.94. The first-order chi connectivity index (χ1) is 12.9. The quantitative estimate of drug-likeness (QED) is 0.908. The van der Waals surface area contributed by atoms with Gasteiger partial charge in [0.15, 0.2) is 0 Å². The van der Waals surface area contributed by atoms with Gasteiger partial charge in [0.2, 0.25) is 5.91 Å². The number of likely N-dealkylation sites (tertiary alicyclic amines) is 1. The number of hydrogen-bond donors (Lipinski definition) is 1. The topological polar surface area (TPSA) is 62.3 Å². The molecule has 2 aromatic rings. The van der Waals surface area contributed by atoms with Crippen molar-refractivity contribution in [2.45, 2.75) is 33.2 Å². The van der Waals surface area contributed by atoms with Crippen LogP contribution < -0.4 is 5.32 Å². The highest BCUT2D eigenvalue weighted by Gasteiger charge is 2.57. The molecule has 140 valence electrons. The minimum Gasteiger partial charge on any atom is -0.352 e. The zero-order valence-electron chi connectivity index (χ0n) is 16.0. The SMILES string of the molecule is Cc1cc(C)cc(CC(=O)NC2[C@H]3CN(C(=O)c4ccnc(C)c4)C[C@@H]23)c1. The molecule has 2 fully saturated rings. The van der Waals surface area contributed by atoms with Crippen molar-refractivity contribution >= 4 is 11.8 Å². The molecule has 2 amide bonds. The Kier molecular flexibility index (Phi) is 4.46. The molecular formula is C22H25N3O2. The number of piperidine rings is 1. The van der Waals surface area contributed by atoms with E-state index in [-0.39, 0.29) is 17.9 Å². The van der Waals surface area contributed by atoms with E-state index in [9.17, 15) is 9.59 Å². The van der Waals surface area contributed by atoms with Crippen LogP contribution in [0.1, 0.15) is 32.7 Å². The van der Waals surface area contributed by atoms with Crippen LogP contribution in [0, 0.1) is 32.6 Å². The van der Waals surface area contributed by atoms with Gasteiger partial charge in [-0.1, -0.05) is 29.3 Å². The van der Waals surface area contributed by atoms with Crippen LogP contribution in [0.25, 0.3) is 0 Å². The van der Waals surface area contributed by atoms with Crippen molar-refractivity contribution in [3.63, 3.8) is 0 Å². The first-order valence-corrected chi connectivity index (χ1v) is 9.49. The minimum absolute atomic E-state index is 0.0630. The van der Waals surface area contributed by atoms with Gasteiger partial charge in [0.25, 0.3) is 5.91 Å². The van der Waals surface area contributed by atoms with E-state index in [1.54, 1.807) is 12.3 Å². The largest absolute Gasteiger partial charge is 0.352 e. The highest BCUT2D eigenvalue weighted by atomic mass is 16.2. The summed E-state index contributed by atoms with van der Waals surface area (Å²) in [5.74, 6) is 0.912. The maximum atomic E-state index is 12.6. The van der Waals surface area contributed by atoms with E-state index in [4.69, 9.17) is 0 Å². The van der Waals surface area contributed by atoms with Gasteiger partial charge in [-0.25, -0.2) is 0 Å². The van der Waals surface area contributed by atoms with E-state index in [0.29, 0.717) is 23.8 Å². The molecular weight excluding hydrogens is 338 g/mol. The number of hydrogen-bond acceptors (Lipinski definition) is 3.